The molecule has 0 N–H and O–H groups in total. The molecule has 25 heavy (non-hydrogen) atoms. The molecule has 1 amide bonds. The molecule has 130 valence electrons. The van der Waals surface area contributed by atoms with E-state index in [0.717, 1.165) is 12.4 Å². The van der Waals surface area contributed by atoms with E-state index in [9.17, 15) is 9.18 Å². The number of aryl methyl sites for hydroxylation is 1. The molecule has 0 atom stereocenters. The highest BCUT2D eigenvalue weighted by Crippen LogP contribution is 2.09. The monoisotopic (exact) mass is 342 g/mol. The van der Waals surface area contributed by atoms with Crippen LogP contribution in [0.3, 0.4) is 0 Å². The number of aromatic nitrogens is 5. The average molecular weight is 342 g/mol. The Kier molecular flexibility index (Phi) is 4.87. The number of benzene rings is 1. The summed E-state index contributed by atoms with van der Waals surface area (Å²) >= 11 is 0. The van der Waals surface area contributed by atoms with Gasteiger partial charge in [-0.2, -0.15) is 0 Å². The number of carbonyl (C=O) groups excluding carboxylic acids is 1. The number of rotatable bonds is 6. The second-order valence-electron chi connectivity index (χ2n) is 5.68. The Morgan fingerprint density at radius 2 is 2.12 bits per heavy atom. The fourth-order valence-electron chi connectivity index (χ4n) is 2.53. The van der Waals surface area contributed by atoms with Crippen LogP contribution in [-0.4, -0.2) is 42.4 Å². The van der Waals surface area contributed by atoms with E-state index in [0.29, 0.717) is 12.1 Å². The molecule has 0 saturated carbocycles. The number of imidazole rings is 1. The Balaban J connectivity index is 1.69. The lowest BCUT2D eigenvalue weighted by molar-refractivity contribution is 0.0774. The first-order valence-corrected chi connectivity index (χ1v) is 7.97. The number of nitrogens with zero attached hydrogens (tertiary/aromatic N) is 6. The van der Waals surface area contributed by atoms with Gasteiger partial charge in [0.15, 0.2) is 5.69 Å². The van der Waals surface area contributed by atoms with E-state index in [4.69, 9.17) is 0 Å². The van der Waals surface area contributed by atoms with Gasteiger partial charge < -0.3 is 9.47 Å². The zero-order valence-corrected chi connectivity index (χ0v) is 14.1. The van der Waals surface area contributed by atoms with E-state index < -0.39 is 0 Å². The minimum absolute atomic E-state index is 0.216. The van der Waals surface area contributed by atoms with Crippen molar-refractivity contribution < 1.29 is 9.18 Å². The maximum absolute atomic E-state index is 13.7. The van der Waals surface area contributed by atoms with Crippen LogP contribution < -0.4 is 0 Å². The molecule has 2 heterocycles. The van der Waals surface area contributed by atoms with Crippen molar-refractivity contribution in [2.45, 2.75) is 26.6 Å². The predicted molar refractivity (Wildman–Crippen MR) is 89.2 cm³/mol. The summed E-state index contributed by atoms with van der Waals surface area (Å²) in [6, 6.07) is 6.45. The molecule has 0 radical (unpaired) electrons. The molecular formula is C17H19FN6O. The van der Waals surface area contributed by atoms with Crippen molar-refractivity contribution in [1.29, 1.82) is 0 Å². The summed E-state index contributed by atoms with van der Waals surface area (Å²) in [5, 5.41) is 7.83. The van der Waals surface area contributed by atoms with E-state index in [1.54, 1.807) is 31.4 Å². The van der Waals surface area contributed by atoms with Crippen LogP contribution in [0.1, 0.15) is 28.8 Å². The molecule has 3 aromatic rings. The van der Waals surface area contributed by atoms with Crippen LogP contribution in [-0.2, 0) is 19.6 Å². The topological polar surface area (TPSA) is 68.8 Å². The average Bonchev–Trinajstić information content (AvgIpc) is 3.25. The number of carbonyl (C=O) groups is 1. The first-order chi connectivity index (χ1) is 12.1. The van der Waals surface area contributed by atoms with Gasteiger partial charge in [-0.15, -0.1) is 5.10 Å². The van der Waals surface area contributed by atoms with E-state index in [-0.39, 0.29) is 24.0 Å². The largest absolute Gasteiger partial charge is 0.334 e. The number of halogens is 1. The molecule has 0 aliphatic heterocycles. The van der Waals surface area contributed by atoms with Gasteiger partial charge in [0.2, 0.25) is 0 Å². The third kappa shape index (κ3) is 3.73. The summed E-state index contributed by atoms with van der Waals surface area (Å²) in [7, 11) is 1.69. The van der Waals surface area contributed by atoms with Gasteiger partial charge >= 0.3 is 0 Å². The smallest absolute Gasteiger partial charge is 0.276 e. The molecule has 0 aliphatic carbocycles. The summed E-state index contributed by atoms with van der Waals surface area (Å²) in [4.78, 5) is 18.3. The Labute approximate surface area is 144 Å². The maximum Gasteiger partial charge on any atom is 0.276 e. The Bertz CT molecular complexity index is 871. The van der Waals surface area contributed by atoms with E-state index >= 15 is 0 Å². The Hall–Kier alpha value is -3.03. The lowest BCUT2D eigenvalue weighted by Gasteiger charge is -2.15. The third-order valence-corrected chi connectivity index (χ3v) is 3.92. The summed E-state index contributed by atoms with van der Waals surface area (Å²) in [6.07, 6.45) is 5.11. The van der Waals surface area contributed by atoms with Crippen molar-refractivity contribution in [2.75, 3.05) is 7.05 Å². The highest BCUT2D eigenvalue weighted by Gasteiger charge is 2.18. The van der Waals surface area contributed by atoms with Crippen molar-refractivity contribution in [3.8, 4) is 0 Å². The van der Waals surface area contributed by atoms with Crippen LogP contribution in [0.4, 0.5) is 4.39 Å². The van der Waals surface area contributed by atoms with Gasteiger partial charge in [-0.25, -0.2) is 14.1 Å². The lowest BCUT2D eigenvalue weighted by atomic mass is 10.2. The first-order valence-electron chi connectivity index (χ1n) is 7.97. The van der Waals surface area contributed by atoms with Gasteiger partial charge in [0.25, 0.3) is 5.91 Å². The number of hydrogen-bond donors (Lipinski definition) is 0. The van der Waals surface area contributed by atoms with Crippen LogP contribution in [0, 0.1) is 5.82 Å². The van der Waals surface area contributed by atoms with Crippen molar-refractivity contribution >= 4 is 5.91 Å². The van der Waals surface area contributed by atoms with Crippen LogP contribution >= 0.6 is 0 Å². The van der Waals surface area contributed by atoms with Gasteiger partial charge in [-0.3, -0.25) is 4.79 Å². The van der Waals surface area contributed by atoms with Crippen LogP contribution in [0.25, 0.3) is 0 Å². The first kappa shape index (κ1) is 16.8. The minimum atomic E-state index is -0.311. The van der Waals surface area contributed by atoms with E-state index in [2.05, 4.69) is 15.3 Å². The Morgan fingerprint density at radius 1 is 1.32 bits per heavy atom. The molecule has 0 unspecified atom stereocenters. The van der Waals surface area contributed by atoms with Gasteiger partial charge in [-0.05, 0) is 13.0 Å². The molecule has 0 aliphatic rings. The highest BCUT2D eigenvalue weighted by molar-refractivity contribution is 5.91. The van der Waals surface area contributed by atoms with Gasteiger partial charge in [0.05, 0.1) is 19.3 Å². The van der Waals surface area contributed by atoms with Gasteiger partial charge in [0, 0.05) is 31.5 Å². The fraction of sp³-hybridized carbons (Fsp3) is 0.294. The normalized spacial score (nSPS) is 10.8. The van der Waals surface area contributed by atoms with Crippen LogP contribution in [0.15, 0.2) is 42.9 Å². The molecule has 1 aromatic carbocycles. The second-order valence-corrected chi connectivity index (χ2v) is 5.68. The molecule has 2 aromatic heterocycles. The summed E-state index contributed by atoms with van der Waals surface area (Å²) in [6.45, 7) is 3.40. The quantitative estimate of drug-likeness (QED) is 0.687. The molecule has 3 rings (SSSR count). The molecule has 0 saturated heterocycles. The third-order valence-electron chi connectivity index (χ3n) is 3.92. The molecule has 0 fully saturated rings. The van der Waals surface area contributed by atoms with Gasteiger partial charge in [0.1, 0.15) is 11.6 Å². The molecule has 7 nitrogen and oxygen atoms in total. The lowest BCUT2D eigenvalue weighted by Crippen LogP contribution is -2.28. The molecule has 8 heteroatoms. The van der Waals surface area contributed by atoms with Crippen molar-refractivity contribution in [3.05, 3.63) is 65.8 Å². The maximum atomic E-state index is 13.7. The summed E-state index contributed by atoms with van der Waals surface area (Å²) in [5.74, 6) is 0.233. The van der Waals surface area contributed by atoms with Crippen molar-refractivity contribution in [1.82, 2.24) is 29.4 Å². The number of hydrogen-bond acceptors (Lipinski definition) is 4. The predicted octanol–water partition coefficient (Wildman–Crippen LogP) is 1.95. The van der Waals surface area contributed by atoms with Crippen molar-refractivity contribution in [3.63, 3.8) is 0 Å². The van der Waals surface area contributed by atoms with E-state index in [1.807, 2.05) is 17.7 Å². The van der Waals surface area contributed by atoms with Crippen molar-refractivity contribution in [2.24, 2.45) is 0 Å². The standard InChI is InChI=1S/C17H19FN6O/c1-3-23-9-8-19-16(23)12-22(2)17(25)15-11-24(21-20-15)10-13-6-4-5-7-14(13)18/h4-9,11H,3,10,12H2,1-2H3. The zero-order chi connectivity index (χ0) is 17.8. The molecule has 0 bridgehead atoms. The fourth-order valence-corrected chi connectivity index (χ4v) is 2.53. The van der Waals surface area contributed by atoms with Gasteiger partial charge in [-0.1, -0.05) is 23.4 Å². The highest BCUT2D eigenvalue weighted by atomic mass is 19.1. The van der Waals surface area contributed by atoms with Crippen LogP contribution in [0.2, 0.25) is 0 Å². The Morgan fingerprint density at radius 3 is 2.88 bits per heavy atom. The van der Waals surface area contributed by atoms with Crippen LogP contribution in [0.5, 0.6) is 0 Å². The second kappa shape index (κ2) is 7.25. The summed E-state index contributed by atoms with van der Waals surface area (Å²) in [5.41, 5.74) is 0.707. The number of amides is 1. The summed E-state index contributed by atoms with van der Waals surface area (Å²) < 4.78 is 17.1. The molecular weight excluding hydrogens is 323 g/mol. The zero-order valence-electron chi connectivity index (χ0n) is 14.1. The minimum Gasteiger partial charge on any atom is -0.334 e. The SMILES string of the molecule is CCn1ccnc1CN(C)C(=O)c1cn(Cc2ccccc2F)nn1. The van der Waals surface area contributed by atoms with E-state index in [1.165, 1.54) is 21.8 Å². The molecule has 0 spiro atoms.